The molecule has 148 valence electrons. The van der Waals surface area contributed by atoms with Crippen LogP contribution in [0, 0.1) is 5.41 Å². The van der Waals surface area contributed by atoms with E-state index in [1.165, 1.54) is 18.6 Å². The summed E-state index contributed by atoms with van der Waals surface area (Å²) >= 11 is 0. The van der Waals surface area contributed by atoms with Gasteiger partial charge in [-0.05, 0) is 38.3 Å². The number of esters is 1. The zero-order valence-corrected chi connectivity index (χ0v) is 16.0. The highest BCUT2D eigenvalue weighted by Crippen LogP contribution is 2.35. The van der Waals surface area contributed by atoms with Crippen molar-refractivity contribution in [2.45, 2.75) is 26.2 Å². The number of carbonyl (C=O) groups is 2. The number of likely N-dealkylation sites (tertiary alicyclic amines) is 1. The number of hydrogen-bond donors (Lipinski definition) is 0. The first kappa shape index (κ1) is 19.8. The number of benzene rings is 1. The van der Waals surface area contributed by atoms with Crippen LogP contribution in [-0.2, 0) is 9.53 Å². The molecule has 0 radical (unpaired) electrons. The fraction of sp³-hybridized carbons (Fsp3) is 0.429. The van der Waals surface area contributed by atoms with E-state index in [9.17, 15) is 9.59 Å². The van der Waals surface area contributed by atoms with Crippen molar-refractivity contribution in [2.75, 3.05) is 26.3 Å². The second-order valence-corrected chi connectivity index (χ2v) is 6.83. The van der Waals surface area contributed by atoms with E-state index in [2.05, 4.69) is 9.97 Å². The maximum Gasteiger partial charge on any atom is 0.314 e. The van der Waals surface area contributed by atoms with Gasteiger partial charge in [-0.25, -0.2) is 4.98 Å². The summed E-state index contributed by atoms with van der Waals surface area (Å²) in [5, 5.41) is 0. The zero-order valence-electron chi connectivity index (χ0n) is 16.0. The first-order valence-electron chi connectivity index (χ1n) is 9.55. The normalized spacial score (nSPS) is 19.1. The van der Waals surface area contributed by atoms with Gasteiger partial charge in [0.2, 0.25) is 0 Å². The number of piperidine rings is 1. The van der Waals surface area contributed by atoms with Gasteiger partial charge < -0.3 is 14.4 Å². The topological polar surface area (TPSA) is 81.6 Å². The fourth-order valence-corrected chi connectivity index (χ4v) is 3.51. The first-order valence-corrected chi connectivity index (χ1v) is 9.55. The summed E-state index contributed by atoms with van der Waals surface area (Å²) < 4.78 is 11.2. The van der Waals surface area contributed by atoms with E-state index >= 15 is 0 Å². The predicted molar refractivity (Wildman–Crippen MR) is 103 cm³/mol. The lowest BCUT2D eigenvalue weighted by molar-refractivity contribution is -0.159. The highest BCUT2D eigenvalue weighted by Gasteiger charge is 2.44. The molecule has 2 aromatic rings. The average molecular weight is 383 g/mol. The van der Waals surface area contributed by atoms with Gasteiger partial charge in [-0.15, -0.1) is 0 Å². The number of ether oxygens (including phenoxy) is 2. The molecule has 0 N–H and O–H groups in total. The first-order chi connectivity index (χ1) is 13.6. The van der Waals surface area contributed by atoms with Gasteiger partial charge in [-0.3, -0.25) is 14.6 Å². The Morgan fingerprint density at radius 1 is 1.21 bits per heavy atom. The largest absolute Gasteiger partial charge is 0.494 e. The standard InChI is InChI=1S/C21H25N3O4/c1-2-27-20(26)21(10-14-28-17-7-4-3-5-8-17)9-6-13-24(16-21)19(25)18-15-22-11-12-23-18/h3-5,7-8,11-12,15H,2,6,9-10,13-14,16H2,1H3/t21-/m0/s1. The van der Waals surface area contributed by atoms with Gasteiger partial charge in [0, 0.05) is 25.5 Å². The predicted octanol–water partition coefficient (Wildman–Crippen LogP) is 2.73. The van der Waals surface area contributed by atoms with Gasteiger partial charge in [0.25, 0.3) is 5.91 Å². The quantitative estimate of drug-likeness (QED) is 0.684. The number of aromatic nitrogens is 2. The van der Waals surface area contributed by atoms with Crippen LogP contribution in [0.4, 0.5) is 0 Å². The number of hydrogen-bond acceptors (Lipinski definition) is 6. The van der Waals surface area contributed by atoms with E-state index in [0.717, 1.165) is 12.2 Å². The molecule has 0 spiro atoms. The van der Waals surface area contributed by atoms with Gasteiger partial charge in [-0.2, -0.15) is 0 Å². The summed E-state index contributed by atoms with van der Waals surface area (Å²) in [5.74, 6) is 0.263. The van der Waals surface area contributed by atoms with Crippen molar-refractivity contribution in [3.05, 3.63) is 54.6 Å². The number of carbonyl (C=O) groups excluding carboxylic acids is 2. The van der Waals surface area contributed by atoms with Crippen molar-refractivity contribution < 1.29 is 19.1 Å². The Morgan fingerprint density at radius 2 is 2.04 bits per heavy atom. The molecule has 1 amide bonds. The molecule has 1 aliphatic rings. The monoisotopic (exact) mass is 383 g/mol. The highest BCUT2D eigenvalue weighted by molar-refractivity contribution is 5.92. The minimum Gasteiger partial charge on any atom is -0.494 e. The van der Waals surface area contributed by atoms with Crippen LogP contribution in [0.15, 0.2) is 48.9 Å². The third kappa shape index (κ3) is 4.65. The molecule has 2 heterocycles. The summed E-state index contributed by atoms with van der Waals surface area (Å²) in [7, 11) is 0. The Balaban J connectivity index is 1.72. The van der Waals surface area contributed by atoms with Gasteiger partial charge in [0.05, 0.1) is 24.8 Å². The summed E-state index contributed by atoms with van der Waals surface area (Å²) in [6.45, 7) is 3.33. The van der Waals surface area contributed by atoms with Crippen molar-refractivity contribution >= 4 is 11.9 Å². The Morgan fingerprint density at radius 3 is 2.75 bits per heavy atom. The average Bonchev–Trinajstić information content (AvgIpc) is 2.75. The van der Waals surface area contributed by atoms with E-state index in [1.54, 1.807) is 11.8 Å². The molecule has 1 saturated heterocycles. The van der Waals surface area contributed by atoms with Crippen LogP contribution in [0.25, 0.3) is 0 Å². The number of para-hydroxylation sites is 1. The van der Waals surface area contributed by atoms with Crippen molar-refractivity contribution in [3.8, 4) is 5.75 Å². The van der Waals surface area contributed by atoms with E-state index < -0.39 is 5.41 Å². The molecule has 1 aromatic carbocycles. The van der Waals surface area contributed by atoms with Gasteiger partial charge in [0.15, 0.2) is 0 Å². The third-order valence-corrected chi connectivity index (χ3v) is 4.95. The summed E-state index contributed by atoms with van der Waals surface area (Å²) in [5.41, 5.74) is -0.497. The van der Waals surface area contributed by atoms with E-state index in [-0.39, 0.29) is 17.6 Å². The molecule has 0 unspecified atom stereocenters. The van der Waals surface area contributed by atoms with Crippen LogP contribution in [0.1, 0.15) is 36.7 Å². The Kier molecular flexibility index (Phi) is 6.57. The molecule has 7 nitrogen and oxygen atoms in total. The minimum absolute atomic E-state index is 0.217. The highest BCUT2D eigenvalue weighted by atomic mass is 16.5. The van der Waals surface area contributed by atoms with Crippen molar-refractivity contribution in [1.29, 1.82) is 0 Å². The molecule has 1 aromatic heterocycles. The lowest BCUT2D eigenvalue weighted by Gasteiger charge is -2.40. The van der Waals surface area contributed by atoms with Crippen LogP contribution in [0.3, 0.4) is 0 Å². The van der Waals surface area contributed by atoms with Gasteiger partial charge in [0.1, 0.15) is 11.4 Å². The molecule has 0 bridgehead atoms. The molecule has 1 aliphatic heterocycles. The second-order valence-electron chi connectivity index (χ2n) is 6.83. The van der Waals surface area contributed by atoms with E-state index in [0.29, 0.717) is 39.1 Å². The molecular formula is C21H25N3O4. The molecule has 1 fully saturated rings. The van der Waals surface area contributed by atoms with Crippen molar-refractivity contribution in [2.24, 2.45) is 5.41 Å². The van der Waals surface area contributed by atoms with E-state index in [4.69, 9.17) is 9.47 Å². The molecule has 3 rings (SSSR count). The number of amides is 1. The molecule has 28 heavy (non-hydrogen) atoms. The summed E-state index contributed by atoms with van der Waals surface area (Å²) in [6.07, 6.45) is 6.32. The molecular weight excluding hydrogens is 358 g/mol. The van der Waals surface area contributed by atoms with Gasteiger partial charge in [-0.1, -0.05) is 18.2 Å². The summed E-state index contributed by atoms with van der Waals surface area (Å²) in [6, 6.07) is 9.48. The lowest BCUT2D eigenvalue weighted by Crippen LogP contribution is -2.51. The molecule has 1 atom stereocenters. The second kappa shape index (κ2) is 9.30. The van der Waals surface area contributed by atoms with Crippen LogP contribution >= 0.6 is 0 Å². The van der Waals surface area contributed by atoms with Crippen LogP contribution < -0.4 is 4.74 Å². The third-order valence-electron chi connectivity index (χ3n) is 4.95. The van der Waals surface area contributed by atoms with Crippen LogP contribution in [0.2, 0.25) is 0 Å². The van der Waals surface area contributed by atoms with Crippen LogP contribution in [0.5, 0.6) is 5.75 Å². The van der Waals surface area contributed by atoms with Crippen molar-refractivity contribution in [3.63, 3.8) is 0 Å². The lowest BCUT2D eigenvalue weighted by atomic mass is 9.77. The Labute approximate surface area is 164 Å². The Hall–Kier alpha value is -2.96. The zero-order chi connectivity index (χ0) is 19.8. The van der Waals surface area contributed by atoms with Crippen molar-refractivity contribution in [1.82, 2.24) is 14.9 Å². The summed E-state index contributed by atoms with van der Waals surface area (Å²) in [4.78, 5) is 35.4. The fourth-order valence-electron chi connectivity index (χ4n) is 3.51. The maximum atomic E-state index is 12.8. The molecule has 7 heteroatoms. The van der Waals surface area contributed by atoms with Gasteiger partial charge >= 0.3 is 5.97 Å². The minimum atomic E-state index is -0.777. The number of rotatable bonds is 7. The van der Waals surface area contributed by atoms with E-state index in [1.807, 2.05) is 30.3 Å². The molecule has 0 aliphatic carbocycles. The number of nitrogens with zero attached hydrogens (tertiary/aromatic N) is 3. The SMILES string of the molecule is CCOC(=O)[C@]1(CCOc2ccccc2)CCCN(C(=O)c2cnccn2)C1. The van der Waals surface area contributed by atoms with Crippen LogP contribution in [-0.4, -0.2) is 53.0 Å². The maximum absolute atomic E-state index is 12.8. The smallest absolute Gasteiger partial charge is 0.314 e. The Bertz CT molecular complexity index is 785. The molecule has 0 saturated carbocycles.